The minimum atomic E-state index is 0.846. The number of hydrogen-bond acceptors (Lipinski definition) is 2. The summed E-state index contributed by atoms with van der Waals surface area (Å²) in [7, 11) is 0. The second kappa shape index (κ2) is 18.5. The van der Waals surface area contributed by atoms with E-state index in [1.807, 2.05) is 0 Å². The molecule has 42 heavy (non-hydrogen) atoms. The topological polar surface area (TPSA) is 24.7 Å². The third kappa shape index (κ3) is 10.4. The molecule has 0 aromatic heterocycles. The Morgan fingerprint density at radius 3 is 2.00 bits per heavy atom. The molecule has 0 fully saturated rings. The van der Waals surface area contributed by atoms with Gasteiger partial charge in [0.05, 0.1) is 11.4 Å². The first kappa shape index (κ1) is 33.5. The molecule has 0 atom stereocenters. The molecule has 0 bridgehead atoms. The van der Waals surface area contributed by atoms with E-state index in [2.05, 4.69) is 102 Å². The lowest BCUT2D eigenvalue weighted by Crippen LogP contribution is -1.99. The first-order valence-electron chi connectivity index (χ1n) is 16.9. The van der Waals surface area contributed by atoms with Crippen LogP contribution in [0.2, 0.25) is 0 Å². The van der Waals surface area contributed by atoms with Crippen molar-refractivity contribution in [2.45, 2.75) is 131 Å². The van der Waals surface area contributed by atoms with E-state index >= 15 is 0 Å². The molecule has 0 N–H and O–H groups in total. The van der Waals surface area contributed by atoms with Gasteiger partial charge in [-0.05, 0) is 128 Å². The molecule has 0 saturated heterocycles. The summed E-state index contributed by atoms with van der Waals surface area (Å²) in [5.74, 6) is 0. The number of nitrogens with zero attached hydrogens (tertiary/aromatic N) is 2. The Morgan fingerprint density at radius 2 is 1.29 bits per heavy atom. The van der Waals surface area contributed by atoms with Gasteiger partial charge in [0.2, 0.25) is 0 Å². The number of azo groups is 1. The summed E-state index contributed by atoms with van der Waals surface area (Å²) in [6.45, 7) is 13.5. The van der Waals surface area contributed by atoms with E-state index in [1.165, 1.54) is 110 Å². The van der Waals surface area contributed by atoms with Crippen molar-refractivity contribution in [2.24, 2.45) is 10.2 Å². The molecule has 226 valence electrons. The predicted octanol–water partition coefficient (Wildman–Crippen LogP) is 13.1. The van der Waals surface area contributed by atoms with Crippen LogP contribution in [0.15, 0.2) is 70.5 Å². The maximum atomic E-state index is 4.79. The summed E-state index contributed by atoms with van der Waals surface area (Å²) in [6.07, 6.45) is 19.4. The molecule has 0 amide bonds. The van der Waals surface area contributed by atoms with Crippen molar-refractivity contribution in [3.8, 4) is 11.1 Å². The molecule has 3 aromatic carbocycles. The van der Waals surface area contributed by atoms with Crippen LogP contribution in [0.4, 0.5) is 5.69 Å². The maximum absolute atomic E-state index is 4.79. The van der Waals surface area contributed by atoms with E-state index in [9.17, 15) is 0 Å². The average molecular weight is 565 g/mol. The minimum Gasteiger partial charge on any atom is -0.155 e. The van der Waals surface area contributed by atoms with Crippen LogP contribution in [0.1, 0.15) is 132 Å². The van der Waals surface area contributed by atoms with Crippen molar-refractivity contribution < 1.29 is 0 Å². The third-order valence-corrected chi connectivity index (χ3v) is 8.48. The smallest absolute Gasteiger partial charge is 0.0862 e. The van der Waals surface area contributed by atoms with Crippen molar-refractivity contribution in [1.82, 2.24) is 0 Å². The van der Waals surface area contributed by atoms with Crippen LogP contribution in [-0.4, -0.2) is 0 Å². The number of rotatable bonds is 18. The second-order valence-electron chi connectivity index (χ2n) is 12.0. The second-order valence-corrected chi connectivity index (χ2v) is 12.0. The number of aryl methyl sites for hydroxylation is 3. The lowest BCUT2D eigenvalue weighted by Gasteiger charge is -2.15. The molecule has 0 spiro atoms. The number of unbranched alkanes of at least 4 members (excludes halogenated alkanes) is 7. The fourth-order valence-corrected chi connectivity index (χ4v) is 5.96. The molecular formula is C40H56N2. The van der Waals surface area contributed by atoms with E-state index < -0.39 is 0 Å². The van der Waals surface area contributed by atoms with Crippen molar-refractivity contribution in [3.05, 3.63) is 93.7 Å². The van der Waals surface area contributed by atoms with Crippen LogP contribution in [-0.2, 0) is 19.3 Å². The Labute approximate surface area is 257 Å². The summed E-state index contributed by atoms with van der Waals surface area (Å²) in [4.78, 5) is 0. The van der Waals surface area contributed by atoms with Crippen molar-refractivity contribution in [3.63, 3.8) is 0 Å². The zero-order valence-electron chi connectivity index (χ0n) is 27.6. The SMILES string of the molecule is CCCCCCCCc1c(C)cc(N=NC(=Cc2cc(C)c(CCCC)c(-c3ccccc3)c2)CC)cc1CCCC. The van der Waals surface area contributed by atoms with Gasteiger partial charge in [-0.25, -0.2) is 0 Å². The van der Waals surface area contributed by atoms with Gasteiger partial charge >= 0.3 is 0 Å². The van der Waals surface area contributed by atoms with Gasteiger partial charge in [0, 0.05) is 0 Å². The lowest BCUT2D eigenvalue weighted by molar-refractivity contribution is 0.605. The molecule has 0 aliphatic carbocycles. The molecule has 3 rings (SSSR count). The first-order valence-corrected chi connectivity index (χ1v) is 16.9. The molecule has 0 aliphatic heterocycles. The fraction of sp³-hybridized carbons (Fsp3) is 0.500. The summed E-state index contributed by atoms with van der Waals surface area (Å²) in [5.41, 5.74) is 13.1. The number of allylic oxidation sites excluding steroid dienone is 1. The molecule has 0 heterocycles. The maximum Gasteiger partial charge on any atom is 0.0862 e. The summed E-state index contributed by atoms with van der Waals surface area (Å²) in [5, 5.41) is 9.59. The minimum absolute atomic E-state index is 0.846. The van der Waals surface area contributed by atoms with Crippen LogP contribution < -0.4 is 0 Å². The number of hydrogen-bond donors (Lipinski definition) is 0. The highest BCUT2D eigenvalue weighted by atomic mass is 15.1. The lowest BCUT2D eigenvalue weighted by atomic mass is 9.90. The van der Waals surface area contributed by atoms with Crippen molar-refractivity contribution >= 4 is 11.8 Å². The van der Waals surface area contributed by atoms with Gasteiger partial charge in [-0.1, -0.05) is 109 Å². The summed E-state index contributed by atoms with van der Waals surface area (Å²) < 4.78 is 0. The molecule has 3 aromatic rings. The van der Waals surface area contributed by atoms with Gasteiger partial charge < -0.3 is 0 Å². The van der Waals surface area contributed by atoms with Crippen LogP contribution in [0.5, 0.6) is 0 Å². The van der Waals surface area contributed by atoms with Crippen molar-refractivity contribution in [1.29, 1.82) is 0 Å². The average Bonchev–Trinajstić information content (AvgIpc) is 3.00. The van der Waals surface area contributed by atoms with Gasteiger partial charge in [0.1, 0.15) is 0 Å². The third-order valence-electron chi connectivity index (χ3n) is 8.48. The normalized spacial score (nSPS) is 12.0. The molecule has 0 saturated carbocycles. The van der Waals surface area contributed by atoms with Crippen LogP contribution in [0.3, 0.4) is 0 Å². The Morgan fingerprint density at radius 1 is 0.643 bits per heavy atom. The quantitative estimate of drug-likeness (QED) is 0.108. The van der Waals surface area contributed by atoms with E-state index in [4.69, 9.17) is 10.2 Å². The highest BCUT2D eigenvalue weighted by molar-refractivity contribution is 5.73. The first-order chi connectivity index (χ1) is 20.5. The fourth-order valence-electron chi connectivity index (χ4n) is 5.96. The molecule has 0 radical (unpaired) electrons. The van der Waals surface area contributed by atoms with Crippen LogP contribution in [0, 0.1) is 13.8 Å². The summed E-state index contributed by atoms with van der Waals surface area (Å²) >= 11 is 0. The van der Waals surface area contributed by atoms with Gasteiger partial charge in [0.25, 0.3) is 0 Å². The largest absolute Gasteiger partial charge is 0.155 e. The van der Waals surface area contributed by atoms with Gasteiger partial charge in [-0.15, -0.1) is 0 Å². The van der Waals surface area contributed by atoms with Crippen molar-refractivity contribution in [2.75, 3.05) is 0 Å². The van der Waals surface area contributed by atoms with Gasteiger partial charge in [-0.2, -0.15) is 10.2 Å². The monoisotopic (exact) mass is 564 g/mol. The zero-order chi connectivity index (χ0) is 30.2. The zero-order valence-corrected chi connectivity index (χ0v) is 27.6. The van der Waals surface area contributed by atoms with Gasteiger partial charge in [-0.3, -0.25) is 0 Å². The van der Waals surface area contributed by atoms with Crippen LogP contribution >= 0.6 is 0 Å². The van der Waals surface area contributed by atoms with E-state index in [-0.39, 0.29) is 0 Å². The highest BCUT2D eigenvalue weighted by Crippen LogP contribution is 2.31. The standard InChI is InChI=1S/C40H56N2/c1-7-11-14-15-16-20-25-38-32(6)27-37(30-35(38)21-12-8-2)42-41-36(10-4)28-33-26-31(5)39(24-13-9-3)40(29-33)34-22-18-17-19-23-34/h17-19,22-23,26-30H,7-16,20-21,24-25H2,1-6H3. The predicted molar refractivity (Wildman–Crippen MR) is 185 cm³/mol. The molecule has 0 aliphatic rings. The van der Waals surface area contributed by atoms with E-state index in [1.54, 1.807) is 5.56 Å². The Hall–Kier alpha value is -3.00. The molecule has 0 unspecified atom stereocenters. The van der Waals surface area contributed by atoms with E-state index in [0.29, 0.717) is 0 Å². The van der Waals surface area contributed by atoms with Gasteiger partial charge in [0.15, 0.2) is 0 Å². The van der Waals surface area contributed by atoms with Crippen LogP contribution in [0.25, 0.3) is 17.2 Å². The molecule has 2 nitrogen and oxygen atoms in total. The molecule has 2 heteroatoms. The Kier molecular flexibility index (Phi) is 14.8. The van der Waals surface area contributed by atoms with E-state index in [0.717, 1.165) is 30.6 Å². The summed E-state index contributed by atoms with van der Waals surface area (Å²) in [6, 6.07) is 20.1. The molecular weight excluding hydrogens is 508 g/mol. The Balaban J connectivity index is 1.86. The highest BCUT2D eigenvalue weighted by Gasteiger charge is 2.11. The number of benzene rings is 3. The Bertz CT molecular complexity index is 1280.